The van der Waals surface area contributed by atoms with Crippen molar-refractivity contribution in [3.8, 4) is 34.6 Å². The normalized spacial score (nSPS) is 11.3. The van der Waals surface area contributed by atoms with Crippen LogP contribution < -0.4 is 0 Å². The van der Waals surface area contributed by atoms with Crippen molar-refractivity contribution in [2.75, 3.05) is 0 Å². The van der Waals surface area contributed by atoms with Gasteiger partial charge in [-0.3, -0.25) is 0 Å². The summed E-state index contributed by atoms with van der Waals surface area (Å²) >= 11 is 0. The second-order valence-corrected chi connectivity index (χ2v) is 10.4. The highest BCUT2D eigenvalue weighted by Crippen LogP contribution is 2.41. The minimum Gasteiger partial charge on any atom is -0.309 e. The molecule has 0 bridgehead atoms. The Labute approximate surface area is 242 Å². The molecule has 0 saturated heterocycles. The monoisotopic (exact) mass is 534 g/mol. The number of aromatic nitrogens is 2. The van der Waals surface area contributed by atoms with Crippen LogP contribution in [0, 0.1) is 22.7 Å². The molecule has 0 atom stereocenters. The van der Waals surface area contributed by atoms with Gasteiger partial charge in [-0.2, -0.15) is 10.5 Å². The molecule has 2 heterocycles. The zero-order valence-electron chi connectivity index (χ0n) is 22.5. The van der Waals surface area contributed by atoms with E-state index < -0.39 is 0 Å². The highest BCUT2D eigenvalue weighted by molar-refractivity contribution is 6.17. The van der Waals surface area contributed by atoms with Gasteiger partial charge in [-0.25, -0.2) is 0 Å². The molecule has 0 spiro atoms. The Bertz CT molecular complexity index is 2430. The summed E-state index contributed by atoms with van der Waals surface area (Å²) in [6.45, 7) is 0. The minimum absolute atomic E-state index is 0.470. The van der Waals surface area contributed by atoms with E-state index in [0.717, 1.165) is 49.8 Å². The standard InChI is InChI=1S/C38H22N4/c39-23-25-17-19-33(27(21-25)24-40)42-35-15-7-5-12-31(35)38-29(13-8-16-37(38)42)26-18-20-36-32(22-26)30-11-4-6-14-34(30)41(36)28-9-2-1-3-10-28/h1-22H. The van der Waals surface area contributed by atoms with E-state index in [2.05, 4.69) is 124 Å². The van der Waals surface area contributed by atoms with E-state index in [-0.39, 0.29) is 0 Å². The maximum Gasteiger partial charge on any atom is 0.101 e. The maximum atomic E-state index is 10.0. The van der Waals surface area contributed by atoms with Crippen molar-refractivity contribution in [1.82, 2.24) is 9.13 Å². The van der Waals surface area contributed by atoms with Gasteiger partial charge in [0.1, 0.15) is 6.07 Å². The smallest absolute Gasteiger partial charge is 0.101 e. The Kier molecular flexibility index (Phi) is 5.22. The van der Waals surface area contributed by atoms with Gasteiger partial charge in [0.25, 0.3) is 0 Å². The Hall–Kier alpha value is -6.10. The third-order valence-electron chi connectivity index (χ3n) is 8.18. The third-order valence-corrected chi connectivity index (χ3v) is 8.18. The number of nitriles is 2. The molecule has 0 radical (unpaired) electrons. The SMILES string of the molecule is N#Cc1ccc(-n2c3ccccc3c3c(-c4ccc5c(c4)c4ccccc4n5-c4ccccc4)cccc32)c(C#N)c1. The minimum atomic E-state index is 0.470. The Morgan fingerprint density at radius 2 is 1.17 bits per heavy atom. The van der Waals surface area contributed by atoms with E-state index in [9.17, 15) is 10.5 Å². The lowest BCUT2D eigenvalue weighted by Crippen LogP contribution is -1.98. The van der Waals surface area contributed by atoms with Gasteiger partial charge in [0.2, 0.25) is 0 Å². The molecular formula is C38H22N4. The number of nitrogens with zero attached hydrogens (tertiary/aromatic N) is 4. The van der Waals surface area contributed by atoms with E-state index in [0.29, 0.717) is 11.1 Å². The number of fused-ring (bicyclic) bond motifs is 6. The highest BCUT2D eigenvalue weighted by Gasteiger charge is 2.19. The van der Waals surface area contributed by atoms with Crippen molar-refractivity contribution in [3.05, 3.63) is 145 Å². The van der Waals surface area contributed by atoms with Crippen LogP contribution in [0.3, 0.4) is 0 Å². The molecule has 194 valence electrons. The molecule has 0 aliphatic heterocycles. The van der Waals surface area contributed by atoms with Gasteiger partial charge in [0, 0.05) is 27.2 Å². The molecule has 8 rings (SSSR count). The molecular weight excluding hydrogens is 512 g/mol. The van der Waals surface area contributed by atoms with Gasteiger partial charge in [-0.1, -0.05) is 72.8 Å². The third kappa shape index (κ3) is 3.40. The van der Waals surface area contributed by atoms with Crippen molar-refractivity contribution in [1.29, 1.82) is 10.5 Å². The summed E-state index contributed by atoms with van der Waals surface area (Å²) in [7, 11) is 0. The average molecular weight is 535 g/mol. The Balaban J connectivity index is 1.43. The van der Waals surface area contributed by atoms with Gasteiger partial charge in [0.05, 0.1) is 45.0 Å². The fraction of sp³-hybridized carbons (Fsp3) is 0. The molecule has 0 amide bonds. The van der Waals surface area contributed by atoms with Crippen LogP contribution in [0.1, 0.15) is 11.1 Å². The number of rotatable bonds is 3. The summed E-state index contributed by atoms with van der Waals surface area (Å²) in [5.41, 5.74) is 9.48. The van der Waals surface area contributed by atoms with Crippen LogP contribution in [-0.4, -0.2) is 9.13 Å². The van der Waals surface area contributed by atoms with Crippen LogP contribution in [0.2, 0.25) is 0 Å². The first kappa shape index (κ1) is 23.8. The van der Waals surface area contributed by atoms with Crippen LogP contribution >= 0.6 is 0 Å². The van der Waals surface area contributed by atoms with Crippen molar-refractivity contribution < 1.29 is 0 Å². The maximum absolute atomic E-state index is 10.0. The number of para-hydroxylation sites is 3. The molecule has 4 nitrogen and oxygen atoms in total. The number of benzene rings is 6. The van der Waals surface area contributed by atoms with E-state index in [1.54, 1.807) is 12.1 Å². The first-order valence-electron chi connectivity index (χ1n) is 13.8. The molecule has 0 N–H and O–H groups in total. The van der Waals surface area contributed by atoms with Gasteiger partial charge in [-0.05, 0) is 71.8 Å². The van der Waals surface area contributed by atoms with E-state index in [1.165, 1.54) is 16.3 Å². The summed E-state index contributed by atoms with van der Waals surface area (Å²) in [5, 5.41) is 24.1. The fourth-order valence-corrected chi connectivity index (χ4v) is 6.41. The second-order valence-electron chi connectivity index (χ2n) is 10.4. The fourth-order valence-electron chi connectivity index (χ4n) is 6.41. The molecule has 6 aromatic carbocycles. The molecule has 42 heavy (non-hydrogen) atoms. The largest absolute Gasteiger partial charge is 0.309 e. The predicted molar refractivity (Wildman–Crippen MR) is 170 cm³/mol. The van der Waals surface area contributed by atoms with Crippen molar-refractivity contribution in [2.45, 2.75) is 0 Å². The van der Waals surface area contributed by atoms with Crippen LogP contribution in [0.4, 0.5) is 0 Å². The molecule has 0 saturated carbocycles. The van der Waals surface area contributed by atoms with Gasteiger partial charge in [0.15, 0.2) is 0 Å². The number of hydrogen-bond acceptors (Lipinski definition) is 2. The van der Waals surface area contributed by atoms with Crippen molar-refractivity contribution >= 4 is 43.6 Å². The zero-order chi connectivity index (χ0) is 28.2. The molecule has 2 aromatic heterocycles. The topological polar surface area (TPSA) is 57.4 Å². The summed E-state index contributed by atoms with van der Waals surface area (Å²) in [6.07, 6.45) is 0. The summed E-state index contributed by atoms with van der Waals surface area (Å²) in [6, 6.07) is 50.3. The molecule has 0 aliphatic rings. The molecule has 0 fully saturated rings. The van der Waals surface area contributed by atoms with Crippen LogP contribution in [0.5, 0.6) is 0 Å². The van der Waals surface area contributed by atoms with Crippen LogP contribution in [0.15, 0.2) is 133 Å². The molecule has 0 unspecified atom stereocenters. The lowest BCUT2D eigenvalue weighted by molar-refractivity contribution is 1.16. The molecule has 8 aromatic rings. The lowest BCUT2D eigenvalue weighted by atomic mass is 9.98. The van der Waals surface area contributed by atoms with Crippen molar-refractivity contribution in [3.63, 3.8) is 0 Å². The second kappa shape index (κ2) is 9.24. The average Bonchev–Trinajstić information content (AvgIpc) is 3.57. The summed E-state index contributed by atoms with van der Waals surface area (Å²) in [5.74, 6) is 0. The zero-order valence-corrected chi connectivity index (χ0v) is 22.5. The van der Waals surface area contributed by atoms with Crippen molar-refractivity contribution in [2.24, 2.45) is 0 Å². The Morgan fingerprint density at radius 3 is 1.95 bits per heavy atom. The summed E-state index contributed by atoms with van der Waals surface area (Å²) in [4.78, 5) is 0. The van der Waals surface area contributed by atoms with E-state index in [1.807, 2.05) is 18.2 Å². The lowest BCUT2D eigenvalue weighted by Gasteiger charge is -2.11. The number of hydrogen-bond donors (Lipinski definition) is 0. The van der Waals surface area contributed by atoms with E-state index >= 15 is 0 Å². The summed E-state index contributed by atoms with van der Waals surface area (Å²) < 4.78 is 4.48. The first-order valence-corrected chi connectivity index (χ1v) is 13.8. The molecule has 0 aliphatic carbocycles. The highest BCUT2D eigenvalue weighted by atomic mass is 15.0. The Morgan fingerprint density at radius 1 is 0.476 bits per heavy atom. The van der Waals surface area contributed by atoms with Gasteiger partial charge in [-0.15, -0.1) is 0 Å². The van der Waals surface area contributed by atoms with Crippen LogP contribution in [-0.2, 0) is 0 Å². The van der Waals surface area contributed by atoms with Gasteiger partial charge >= 0.3 is 0 Å². The first-order chi connectivity index (χ1) is 20.8. The molecule has 4 heteroatoms. The van der Waals surface area contributed by atoms with Gasteiger partial charge < -0.3 is 9.13 Å². The predicted octanol–water partition coefficient (Wildman–Crippen LogP) is 9.29. The van der Waals surface area contributed by atoms with Crippen LogP contribution in [0.25, 0.3) is 66.1 Å². The quantitative estimate of drug-likeness (QED) is 0.227. The van der Waals surface area contributed by atoms with E-state index in [4.69, 9.17) is 0 Å².